The maximum absolute atomic E-state index is 5.93. The van der Waals surface area contributed by atoms with Gasteiger partial charge in [-0.25, -0.2) is 0 Å². The number of hydrogen-bond acceptors (Lipinski definition) is 1. The van der Waals surface area contributed by atoms with Crippen molar-refractivity contribution in [1.29, 1.82) is 0 Å². The Labute approximate surface area is 97.8 Å². The van der Waals surface area contributed by atoms with E-state index in [9.17, 15) is 0 Å². The van der Waals surface area contributed by atoms with E-state index in [1.54, 1.807) is 0 Å². The topological polar surface area (TPSA) is 12.0 Å². The molecule has 0 aliphatic rings. The van der Waals surface area contributed by atoms with Crippen LogP contribution in [0.1, 0.15) is 32.3 Å². The van der Waals surface area contributed by atoms with Gasteiger partial charge in [-0.3, -0.25) is 0 Å². The maximum atomic E-state index is 5.93. The van der Waals surface area contributed by atoms with Crippen LogP contribution < -0.4 is 5.32 Å². The second-order valence-electron chi connectivity index (χ2n) is 4.02. The summed E-state index contributed by atoms with van der Waals surface area (Å²) < 4.78 is 0. The Morgan fingerprint density at radius 1 is 1.40 bits per heavy atom. The molecule has 1 aromatic rings. The molecule has 1 rings (SSSR count). The van der Waals surface area contributed by atoms with Crippen LogP contribution in [0.5, 0.6) is 0 Å². The first-order valence-corrected chi connectivity index (χ1v) is 6.08. The molecule has 0 aliphatic heterocycles. The van der Waals surface area contributed by atoms with Gasteiger partial charge in [0.1, 0.15) is 0 Å². The lowest BCUT2D eigenvalue weighted by Crippen LogP contribution is -2.27. The summed E-state index contributed by atoms with van der Waals surface area (Å²) in [5, 5.41) is 4.32. The first-order chi connectivity index (χ1) is 7.22. The van der Waals surface area contributed by atoms with Gasteiger partial charge in [0.2, 0.25) is 0 Å². The van der Waals surface area contributed by atoms with Gasteiger partial charge in [0.15, 0.2) is 0 Å². The van der Waals surface area contributed by atoms with Gasteiger partial charge in [0, 0.05) is 11.1 Å². The lowest BCUT2D eigenvalue weighted by Gasteiger charge is -2.12. The highest BCUT2D eigenvalue weighted by Crippen LogP contribution is 2.12. The SMILES string of the molecule is CCCNC(C)CCc1cccc(Cl)c1. The third-order valence-corrected chi connectivity index (χ3v) is 2.73. The Morgan fingerprint density at radius 3 is 2.87 bits per heavy atom. The van der Waals surface area contributed by atoms with Crippen LogP contribution >= 0.6 is 11.6 Å². The fourth-order valence-corrected chi connectivity index (χ4v) is 1.78. The van der Waals surface area contributed by atoms with Gasteiger partial charge in [-0.2, -0.15) is 0 Å². The molecule has 0 bridgehead atoms. The highest BCUT2D eigenvalue weighted by molar-refractivity contribution is 6.30. The first kappa shape index (κ1) is 12.5. The van der Waals surface area contributed by atoms with Crippen molar-refractivity contribution in [3.8, 4) is 0 Å². The van der Waals surface area contributed by atoms with Crippen LogP contribution in [-0.2, 0) is 6.42 Å². The molecule has 1 N–H and O–H groups in total. The van der Waals surface area contributed by atoms with Gasteiger partial charge in [0.25, 0.3) is 0 Å². The van der Waals surface area contributed by atoms with Crippen molar-refractivity contribution in [2.45, 2.75) is 39.2 Å². The number of hydrogen-bond donors (Lipinski definition) is 1. The molecule has 0 spiro atoms. The molecule has 0 saturated heterocycles. The Morgan fingerprint density at radius 2 is 2.20 bits per heavy atom. The highest BCUT2D eigenvalue weighted by atomic mass is 35.5. The smallest absolute Gasteiger partial charge is 0.0408 e. The van der Waals surface area contributed by atoms with Crippen molar-refractivity contribution in [1.82, 2.24) is 5.32 Å². The van der Waals surface area contributed by atoms with Crippen LogP contribution in [0.3, 0.4) is 0 Å². The average molecular weight is 226 g/mol. The van der Waals surface area contributed by atoms with Crippen LogP contribution in [0.25, 0.3) is 0 Å². The zero-order chi connectivity index (χ0) is 11.1. The standard InChI is InChI=1S/C13H20ClN/c1-3-9-15-11(2)7-8-12-5-4-6-13(14)10-12/h4-6,10-11,15H,3,7-9H2,1-2H3. The molecule has 0 saturated carbocycles. The van der Waals surface area contributed by atoms with Crippen molar-refractivity contribution in [3.05, 3.63) is 34.9 Å². The molecule has 0 aliphatic carbocycles. The van der Waals surface area contributed by atoms with Gasteiger partial charge in [0.05, 0.1) is 0 Å². The molecule has 1 unspecified atom stereocenters. The van der Waals surface area contributed by atoms with Gasteiger partial charge < -0.3 is 5.32 Å². The third kappa shape index (κ3) is 5.19. The molecule has 84 valence electrons. The molecule has 1 nitrogen and oxygen atoms in total. The highest BCUT2D eigenvalue weighted by Gasteiger charge is 2.01. The minimum atomic E-state index is 0.587. The van der Waals surface area contributed by atoms with E-state index >= 15 is 0 Å². The number of benzene rings is 1. The lowest BCUT2D eigenvalue weighted by molar-refractivity contribution is 0.514. The van der Waals surface area contributed by atoms with E-state index in [2.05, 4.69) is 25.2 Å². The summed E-state index contributed by atoms with van der Waals surface area (Å²) in [6.45, 7) is 5.54. The Kier molecular flexibility index (Phi) is 5.74. The minimum absolute atomic E-state index is 0.587. The van der Waals surface area contributed by atoms with E-state index in [-0.39, 0.29) is 0 Å². The number of rotatable bonds is 6. The van der Waals surface area contributed by atoms with Crippen LogP contribution in [0.4, 0.5) is 0 Å². The number of nitrogens with one attached hydrogen (secondary N) is 1. The van der Waals surface area contributed by atoms with E-state index in [0.29, 0.717) is 6.04 Å². The van der Waals surface area contributed by atoms with Crippen molar-refractivity contribution >= 4 is 11.6 Å². The fraction of sp³-hybridized carbons (Fsp3) is 0.538. The van der Waals surface area contributed by atoms with Crippen LogP contribution in [0.2, 0.25) is 5.02 Å². The summed E-state index contributed by atoms with van der Waals surface area (Å²) in [6, 6.07) is 8.71. The van der Waals surface area contributed by atoms with E-state index in [1.165, 1.54) is 18.4 Å². The van der Waals surface area contributed by atoms with E-state index < -0.39 is 0 Å². The second-order valence-corrected chi connectivity index (χ2v) is 4.46. The molecule has 0 aromatic heterocycles. The van der Waals surface area contributed by atoms with Gasteiger partial charge >= 0.3 is 0 Å². The van der Waals surface area contributed by atoms with Crippen molar-refractivity contribution in [2.24, 2.45) is 0 Å². The molecule has 0 amide bonds. The van der Waals surface area contributed by atoms with Crippen molar-refractivity contribution in [2.75, 3.05) is 6.54 Å². The average Bonchev–Trinajstić information content (AvgIpc) is 2.23. The van der Waals surface area contributed by atoms with Gasteiger partial charge in [-0.05, 0) is 50.4 Å². The quantitative estimate of drug-likeness (QED) is 0.779. The number of aryl methyl sites for hydroxylation is 1. The van der Waals surface area contributed by atoms with E-state index in [0.717, 1.165) is 18.0 Å². The Hall–Kier alpha value is -0.530. The second kappa shape index (κ2) is 6.86. The Bertz CT molecular complexity index is 286. The zero-order valence-corrected chi connectivity index (χ0v) is 10.3. The summed E-state index contributed by atoms with van der Waals surface area (Å²) in [6.07, 6.45) is 3.46. The molecule has 0 heterocycles. The minimum Gasteiger partial charge on any atom is -0.314 e. The number of halogens is 1. The molecular weight excluding hydrogens is 206 g/mol. The molecule has 2 heteroatoms. The van der Waals surface area contributed by atoms with Crippen molar-refractivity contribution in [3.63, 3.8) is 0 Å². The predicted molar refractivity (Wildman–Crippen MR) is 67.5 cm³/mol. The summed E-state index contributed by atoms with van der Waals surface area (Å²) in [5.41, 5.74) is 1.33. The molecule has 1 aromatic carbocycles. The van der Waals surface area contributed by atoms with Gasteiger partial charge in [-0.1, -0.05) is 30.7 Å². The van der Waals surface area contributed by atoms with Gasteiger partial charge in [-0.15, -0.1) is 0 Å². The molecule has 15 heavy (non-hydrogen) atoms. The lowest BCUT2D eigenvalue weighted by atomic mass is 10.1. The van der Waals surface area contributed by atoms with Crippen LogP contribution in [0, 0.1) is 0 Å². The molecule has 0 fully saturated rings. The predicted octanol–water partition coefficient (Wildman–Crippen LogP) is 3.66. The Balaban J connectivity index is 2.30. The zero-order valence-electron chi connectivity index (χ0n) is 9.59. The molecular formula is C13H20ClN. The molecule has 0 radical (unpaired) electrons. The maximum Gasteiger partial charge on any atom is 0.0408 e. The first-order valence-electron chi connectivity index (χ1n) is 5.70. The van der Waals surface area contributed by atoms with Crippen LogP contribution in [0.15, 0.2) is 24.3 Å². The van der Waals surface area contributed by atoms with Crippen LogP contribution in [-0.4, -0.2) is 12.6 Å². The summed E-state index contributed by atoms with van der Waals surface area (Å²) >= 11 is 5.93. The summed E-state index contributed by atoms with van der Waals surface area (Å²) in [5.74, 6) is 0. The summed E-state index contributed by atoms with van der Waals surface area (Å²) in [4.78, 5) is 0. The monoisotopic (exact) mass is 225 g/mol. The fourth-order valence-electron chi connectivity index (χ4n) is 1.57. The normalized spacial score (nSPS) is 12.7. The van der Waals surface area contributed by atoms with E-state index in [4.69, 9.17) is 11.6 Å². The largest absolute Gasteiger partial charge is 0.314 e. The van der Waals surface area contributed by atoms with Crippen molar-refractivity contribution < 1.29 is 0 Å². The molecule has 1 atom stereocenters. The summed E-state index contributed by atoms with van der Waals surface area (Å²) in [7, 11) is 0. The van der Waals surface area contributed by atoms with E-state index in [1.807, 2.05) is 18.2 Å². The third-order valence-electron chi connectivity index (χ3n) is 2.50.